The number of hydrogen-bond donors (Lipinski definition) is 1. The summed E-state index contributed by atoms with van der Waals surface area (Å²) < 4.78 is 3.80. The molecule has 6 nitrogen and oxygen atoms in total. The van der Waals surface area contributed by atoms with E-state index in [1.807, 2.05) is 23.3 Å². The van der Waals surface area contributed by atoms with Gasteiger partial charge in [-0.15, -0.1) is 10.2 Å². The molecule has 6 heteroatoms. The second-order valence-corrected chi connectivity index (χ2v) is 4.53. The van der Waals surface area contributed by atoms with Crippen LogP contribution in [-0.2, 0) is 27.1 Å². The van der Waals surface area contributed by atoms with Crippen molar-refractivity contribution in [3.63, 3.8) is 0 Å². The topological polar surface area (TPSA) is 60.6 Å². The minimum atomic E-state index is 0.169. The van der Waals surface area contributed by atoms with Crippen molar-refractivity contribution in [2.45, 2.75) is 32.9 Å². The van der Waals surface area contributed by atoms with Crippen LogP contribution in [0.2, 0.25) is 0 Å². The fourth-order valence-electron chi connectivity index (χ4n) is 2.07. The highest BCUT2D eigenvalue weighted by atomic mass is 15.3. The molecule has 0 fully saturated rings. The summed E-state index contributed by atoms with van der Waals surface area (Å²) in [6.45, 7) is 5.01. The molecule has 2 aromatic heterocycles. The highest BCUT2D eigenvalue weighted by Crippen LogP contribution is 2.11. The van der Waals surface area contributed by atoms with Crippen LogP contribution >= 0.6 is 0 Å². The van der Waals surface area contributed by atoms with Crippen molar-refractivity contribution in [3.8, 4) is 0 Å². The third kappa shape index (κ3) is 2.59. The first-order valence-corrected chi connectivity index (χ1v) is 6.20. The maximum absolute atomic E-state index is 4.43. The largest absolute Gasteiger partial charge is 0.319 e. The Bertz CT molecular complexity index is 512. The molecule has 2 rings (SSSR count). The summed E-state index contributed by atoms with van der Waals surface area (Å²) >= 11 is 0. The van der Waals surface area contributed by atoms with E-state index in [0.717, 1.165) is 24.5 Å². The first kappa shape index (κ1) is 12.8. The molecule has 0 bridgehead atoms. The summed E-state index contributed by atoms with van der Waals surface area (Å²) in [6, 6.07) is 0.169. The van der Waals surface area contributed by atoms with Crippen LogP contribution in [-0.4, -0.2) is 24.5 Å². The summed E-state index contributed by atoms with van der Waals surface area (Å²) in [5.74, 6) is 0.942. The second kappa shape index (κ2) is 5.30. The molecular formula is C12H20N6. The Balaban J connectivity index is 2.01. The fourth-order valence-corrected chi connectivity index (χ4v) is 2.07. The quantitative estimate of drug-likeness (QED) is 0.856. The minimum absolute atomic E-state index is 0.169. The SMILES string of the molecule is CCc1nn(C)cc1CNC(C)c1nncn1C. The number of nitrogens with one attached hydrogen (secondary N) is 1. The Morgan fingerprint density at radius 1 is 1.39 bits per heavy atom. The Labute approximate surface area is 107 Å². The van der Waals surface area contributed by atoms with Gasteiger partial charge in [0.2, 0.25) is 0 Å². The lowest BCUT2D eigenvalue weighted by Gasteiger charge is -2.12. The number of aryl methyl sites for hydroxylation is 3. The van der Waals surface area contributed by atoms with Gasteiger partial charge in [-0.25, -0.2) is 0 Å². The van der Waals surface area contributed by atoms with Crippen LogP contribution in [0, 0.1) is 0 Å². The smallest absolute Gasteiger partial charge is 0.149 e. The molecule has 2 aromatic rings. The molecule has 98 valence electrons. The van der Waals surface area contributed by atoms with Crippen molar-refractivity contribution in [1.82, 2.24) is 29.9 Å². The number of rotatable bonds is 5. The molecule has 2 heterocycles. The zero-order chi connectivity index (χ0) is 13.1. The van der Waals surface area contributed by atoms with Gasteiger partial charge in [-0.05, 0) is 13.3 Å². The fraction of sp³-hybridized carbons (Fsp3) is 0.583. The third-order valence-electron chi connectivity index (χ3n) is 3.06. The van der Waals surface area contributed by atoms with E-state index in [2.05, 4.69) is 40.7 Å². The average molecular weight is 248 g/mol. The third-order valence-corrected chi connectivity index (χ3v) is 3.06. The van der Waals surface area contributed by atoms with E-state index in [1.54, 1.807) is 6.33 Å². The molecule has 0 aliphatic rings. The predicted molar refractivity (Wildman–Crippen MR) is 68.8 cm³/mol. The Kier molecular flexibility index (Phi) is 3.76. The van der Waals surface area contributed by atoms with E-state index in [-0.39, 0.29) is 6.04 Å². The summed E-state index contributed by atoms with van der Waals surface area (Å²) in [4.78, 5) is 0. The number of nitrogens with zero attached hydrogens (tertiary/aromatic N) is 5. The van der Waals surface area contributed by atoms with Crippen LogP contribution in [0.15, 0.2) is 12.5 Å². The Morgan fingerprint density at radius 2 is 2.17 bits per heavy atom. The van der Waals surface area contributed by atoms with Gasteiger partial charge in [-0.1, -0.05) is 6.92 Å². The van der Waals surface area contributed by atoms with Gasteiger partial charge < -0.3 is 9.88 Å². The lowest BCUT2D eigenvalue weighted by atomic mass is 10.2. The monoisotopic (exact) mass is 248 g/mol. The van der Waals surface area contributed by atoms with Gasteiger partial charge in [0.25, 0.3) is 0 Å². The van der Waals surface area contributed by atoms with Crippen molar-refractivity contribution >= 4 is 0 Å². The highest BCUT2D eigenvalue weighted by Gasteiger charge is 2.12. The molecule has 1 unspecified atom stereocenters. The lowest BCUT2D eigenvalue weighted by molar-refractivity contribution is 0.527. The van der Waals surface area contributed by atoms with E-state index in [4.69, 9.17) is 0 Å². The van der Waals surface area contributed by atoms with Gasteiger partial charge in [0.15, 0.2) is 0 Å². The summed E-state index contributed by atoms with van der Waals surface area (Å²) in [7, 11) is 3.91. The molecule has 1 N–H and O–H groups in total. The molecule has 0 aromatic carbocycles. The van der Waals surface area contributed by atoms with Crippen LogP contribution in [0.25, 0.3) is 0 Å². The van der Waals surface area contributed by atoms with Gasteiger partial charge in [0.1, 0.15) is 12.2 Å². The Morgan fingerprint density at radius 3 is 2.78 bits per heavy atom. The van der Waals surface area contributed by atoms with Gasteiger partial charge in [0, 0.05) is 32.4 Å². The van der Waals surface area contributed by atoms with Crippen LogP contribution in [0.4, 0.5) is 0 Å². The van der Waals surface area contributed by atoms with Gasteiger partial charge in [0.05, 0.1) is 11.7 Å². The van der Waals surface area contributed by atoms with Gasteiger partial charge >= 0.3 is 0 Å². The van der Waals surface area contributed by atoms with Gasteiger partial charge in [-0.2, -0.15) is 5.10 Å². The normalized spacial score (nSPS) is 12.9. The first-order chi connectivity index (χ1) is 8.61. The predicted octanol–water partition coefficient (Wildman–Crippen LogP) is 0.962. The second-order valence-electron chi connectivity index (χ2n) is 4.53. The maximum atomic E-state index is 4.43. The summed E-state index contributed by atoms with van der Waals surface area (Å²) in [6.07, 6.45) is 4.74. The Hall–Kier alpha value is -1.69. The van der Waals surface area contributed by atoms with E-state index in [9.17, 15) is 0 Å². The molecule has 0 aliphatic heterocycles. The van der Waals surface area contributed by atoms with E-state index < -0.39 is 0 Å². The van der Waals surface area contributed by atoms with Crippen LogP contribution in [0.5, 0.6) is 0 Å². The molecule has 18 heavy (non-hydrogen) atoms. The van der Waals surface area contributed by atoms with E-state index in [0.29, 0.717) is 0 Å². The molecule has 0 saturated carbocycles. The molecular weight excluding hydrogens is 228 g/mol. The van der Waals surface area contributed by atoms with E-state index >= 15 is 0 Å². The standard InChI is InChI=1S/C12H20N6/c1-5-11-10(7-18(4)16-11)6-13-9(2)12-15-14-8-17(12)3/h7-9,13H,5-6H2,1-4H3. The van der Waals surface area contributed by atoms with Crippen molar-refractivity contribution in [1.29, 1.82) is 0 Å². The van der Waals surface area contributed by atoms with Crippen molar-refractivity contribution in [3.05, 3.63) is 29.6 Å². The zero-order valence-corrected chi connectivity index (χ0v) is 11.4. The van der Waals surface area contributed by atoms with Crippen molar-refractivity contribution < 1.29 is 0 Å². The van der Waals surface area contributed by atoms with E-state index in [1.165, 1.54) is 5.56 Å². The summed E-state index contributed by atoms with van der Waals surface area (Å²) in [5, 5.41) is 15.9. The number of hydrogen-bond acceptors (Lipinski definition) is 4. The molecule has 0 spiro atoms. The maximum Gasteiger partial charge on any atom is 0.149 e. The lowest BCUT2D eigenvalue weighted by Crippen LogP contribution is -2.21. The molecule has 1 atom stereocenters. The molecule has 0 aliphatic carbocycles. The van der Waals surface area contributed by atoms with Crippen molar-refractivity contribution in [2.24, 2.45) is 14.1 Å². The zero-order valence-electron chi connectivity index (χ0n) is 11.4. The summed E-state index contributed by atoms with van der Waals surface area (Å²) in [5.41, 5.74) is 2.39. The first-order valence-electron chi connectivity index (χ1n) is 6.20. The highest BCUT2D eigenvalue weighted by molar-refractivity contribution is 5.17. The minimum Gasteiger partial charge on any atom is -0.319 e. The van der Waals surface area contributed by atoms with Gasteiger partial charge in [-0.3, -0.25) is 4.68 Å². The van der Waals surface area contributed by atoms with Crippen LogP contribution in [0.3, 0.4) is 0 Å². The van der Waals surface area contributed by atoms with Crippen LogP contribution in [0.1, 0.15) is 37.0 Å². The van der Waals surface area contributed by atoms with Crippen LogP contribution < -0.4 is 5.32 Å². The molecule has 0 radical (unpaired) electrons. The molecule has 0 amide bonds. The average Bonchev–Trinajstić information content (AvgIpc) is 2.92. The number of aromatic nitrogens is 5. The molecule has 0 saturated heterocycles. The van der Waals surface area contributed by atoms with Crippen molar-refractivity contribution in [2.75, 3.05) is 0 Å².